The minimum atomic E-state index is -3.77. The van der Waals surface area contributed by atoms with Gasteiger partial charge in [-0.1, -0.05) is 23.7 Å². The molecule has 2 aromatic rings. The predicted molar refractivity (Wildman–Crippen MR) is 83.8 cm³/mol. The monoisotopic (exact) mass is 326 g/mol. The van der Waals surface area contributed by atoms with E-state index in [1.807, 2.05) is 0 Å². The number of hydrogen-bond donors (Lipinski definition) is 3. The number of aliphatic hydroxyl groups is 1. The SMILES string of the molecule is Cc1c(N)cc(S(=O)(=O)Nc2ccc(CO)cc2)cc1Cl. The van der Waals surface area contributed by atoms with Crippen molar-refractivity contribution in [2.45, 2.75) is 18.4 Å². The van der Waals surface area contributed by atoms with Crippen LogP contribution in [0, 0.1) is 6.92 Å². The molecule has 7 heteroatoms. The summed E-state index contributed by atoms with van der Waals surface area (Å²) in [5, 5.41) is 9.26. The van der Waals surface area contributed by atoms with Gasteiger partial charge in [-0.2, -0.15) is 0 Å². The maximum atomic E-state index is 12.3. The van der Waals surface area contributed by atoms with Crippen LogP contribution in [0.5, 0.6) is 0 Å². The van der Waals surface area contributed by atoms with E-state index in [1.54, 1.807) is 31.2 Å². The van der Waals surface area contributed by atoms with E-state index in [2.05, 4.69) is 4.72 Å². The van der Waals surface area contributed by atoms with Gasteiger partial charge in [-0.05, 0) is 42.3 Å². The van der Waals surface area contributed by atoms with E-state index in [0.717, 1.165) is 0 Å². The van der Waals surface area contributed by atoms with Gasteiger partial charge in [0.1, 0.15) is 0 Å². The van der Waals surface area contributed by atoms with Crippen molar-refractivity contribution in [1.29, 1.82) is 0 Å². The van der Waals surface area contributed by atoms with Crippen LogP contribution in [0.4, 0.5) is 11.4 Å². The highest BCUT2D eigenvalue weighted by atomic mass is 35.5. The molecule has 0 aliphatic rings. The summed E-state index contributed by atoms with van der Waals surface area (Å²) >= 11 is 5.97. The van der Waals surface area contributed by atoms with Gasteiger partial charge in [-0.15, -0.1) is 0 Å². The third-order valence-electron chi connectivity index (χ3n) is 3.06. The van der Waals surface area contributed by atoms with E-state index >= 15 is 0 Å². The summed E-state index contributed by atoms with van der Waals surface area (Å²) in [7, 11) is -3.77. The van der Waals surface area contributed by atoms with Crippen LogP contribution in [0.15, 0.2) is 41.3 Å². The number of nitrogens with one attached hydrogen (secondary N) is 1. The quantitative estimate of drug-likeness (QED) is 0.753. The Morgan fingerprint density at radius 2 is 1.86 bits per heavy atom. The number of sulfonamides is 1. The number of hydrogen-bond acceptors (Lipinski definition) is 4. The van der Waals surface area contributed by atoms with E-state index in [-0.39, 0.29) is 11.5 Å². The fraction of sp³-hybridized carbons (Fsp3) is 0.143. The number of benzene rings is 2. The van der Waals surface area contributed by atoms with Gasteiger partial charge in [0.2, 0.25) is 0 Å². The summed E-state index contributed by atoms with van der Waals surface area (Å²) in [6.07, 6.45) is 0. The maximum absolute atomic E-state index is 12.3. The lowest BCUT2D eigenvalue weighted by Gasteiger charge is -2.11. The van der Waals surface area contributed by atoms with Crippen LogP contribution in [0.25, 0.3) is 0 Å². The Bertz CT molecular complexity index is 735. The zero-order valence-corrected chi connectivity index (χ0v) is 12.9. The van der Waals surface area contributed by atoms with Crippen LogP contribution in [0.1, 0.15) is 11.1 Å². The molecule has 0 aliphatic heterocycles. The van der Waals surface area contributed by atoms with Crippen molar-refractivity contribution in [2.75, 3.05) is 10.5 Å². The number of halogens is 1. The molecule has 0 atom stereocenters. The first-order valence-corrected chi connectivity index (χ1v) is 7.98. The second kappa shape index (κ2) is 5.93. The maximum Gasteiger partial charge on any atom is 0.262 e. The Kier molecular flexibility index (Phi) is 4.41. The number of anilines is 2. The van der Waals surface area contributed by atoms with Gasteiger partial charge in [0, 0.05) is 16.4 Å². The molecule has 112 valence electrons. The second-order valence-electron chi connectivity index (χ2n) is 4.58. The Morgan fingerprint density at radius 1 is 1.24 bits per heavy atom. The molecule has 2 aromatic carbocycles. The van der Waals surface area contributed by atoms with Gasteiger partial charge >= 0.3 is 0 Å². The molecule has 4 N–H and O–H groups in total. The zero-order chi connectivity index (χ0) is 15.6. The molecule has 0 radical (unpaired) electrons. The van der Waals surface area contributed by atoms with Gasteiger partial charge in [0.15, 0.2) is 0 Å². The third kappa shape index (κ3) is 3.47. The van der Waals surface area contributed by atoms with Crippen LogP contribution in [-0.2, 0) is 16.6 Å². The van der Waals surface area contributed by atoms with E-state index in [0.29, 0.717) is 27.5 Å². The lowest BCUT2D eigenvalue weighted by molar-refractivity contribution is 0.282. The second-order valence-corrected chi connectivity index (χ2v) is 6.67. The van der Waals surface area contributed by atoms with Crippen molar-refractivity contribution in [1.82, 2.24) is 0 Å². The van der Waals surface area contributed by atoms with Crippen molar-refractivity contribution in [3.05, 3.63) is 52.5 Å². The predicted octanol–water partition coefficient (Wildman–Crippen LogP) is 2.52. The fourth-order valence-electron chi connectivity index (χ4n) is 1.72. The average molecular weight is 327 g/mol. The molecule has 2 rings (SSSR count). The van der Waals surface area contributed by atoms with Crippen LogP contribution < -0.4 is 10.5 Å². The molecular weight excluding hydrogens is 312 g/mol. The Labute approximate surface area is 128 Å². The summed E-state index contributed by atoms with van der Waals surface area (Å²) in [6.45, 7) is 1.62. The van der Waals surface area contributed by atoms with Gasteiger partial charge in [-0.25, -0.2) is 8.42 Å². The van der Waals surface area contributed by atoms with E-state index in [1.165, 1.54) is 12.1 Å². The van der Waals surface area contributed by atoms with Crippen LogP contribution in [0.3, 0.4) is 0 Å². The first-order chi connectivity index (χ1) is 9.83. The fourth-order valence-corrected chi connectivity index (χ4v) is 3.13. The van der Waals surface area contributed by atoms with Crippen molar-refractivity contribution in [3.63, 3.8) is 0 Å². The number of nitrogen functional groups attached to an aromatic ring is 1. The zero-order valence-electron chi connectivity index (χ0n) is 11.3. The molecule has 0 bridgehead atoms. The standard InChI is InChI=1S/C14H15ClN2O3S/c1-9-13(15)6-12(7-14(9)16)21(19,20)17-11-4-2-10(8-18)3-5-11/h2-7,17-18H,8,16H2,1H3. The molecule has 0 saturated carbocycles. The first kappa shape index (κ1) is 15.6. The van der Waals surface area contributed by atoms with Crippen LogP contribution in [-0.4, -0.2) is 13.5 Å². The Morgan fingerprint density at radius 3 is 2.38 bits per heavy atom. The van der Waals surface area contributed by atoms with E-state index < -0.39 is 10.0 Å². The highest BCUT2D eigenvalue weighted by Gasteiger charge is 2.17. The molecule has 0 spiro atoms. The minimum Gasteiger partial charge on any atom is -0.398 e. The molecule has 0 saturated heterocycles. The summed E-state index contributed by atoms with van der Waals surface area (Å²) < 4.78 is 27.0. The molecular formula is C14H15ClN2O3S. The Balaban J connectivity index is 2.33. The number of nitrogens with two attached hydrogens (primary N) is 1. The first-order valence-electron chi connectivity index (χ1n) is 6.12. The molecule has 5 nitrogen and oxygen atoms in total. The summed E-state index contributed by atoms with van der Waals surface area (Å²) in [6, 6.07) is 9.14. The highest BCUT2D eigenvalue weighted by molar-refractivity contribution is 7.92. The smallest absolute Gasteiger partial charge is 0.262 e. The van der Waals surface area contributed by atoms with Gasteiger partial charge < -0.3 is 10.8 Å². The summed E-state index contributed by atoms with van der Waals surface area (Å²) in [4.78, 5) is 0.00170. The molecule has 0 amide bonds. The van der Waals surface area contributed by atoms with E-state index in [9.17, 15) is 8.42 Å². The molecule has 0 heterocycles. The van der Waals surface area contributed by atoms with E-state index in [4.69, 9.17) is 22.4 Å². The molecule has 21 heavy (non-hydrogen) atoms. The van der Waals surface area contributed by atoms with Gasteiger partial charge in [-0.3, -0.25) is 4.72 Å². The van der Waals surface area contributed by atoms with Crippen LogP contribution in [0.2, 0.25) is 5.02 Å². The van der Waals surface area contributed by atoms with Gasteiger partial charge in [0.25, 0.3) is 10.0 Å². The van der Waals surface area contributed by atoms with Gasteiger partial charge in [0.05, 0.1) is 11.5 Å². The third-order valence-corrected chi connectivity index (χ3v) is 4.81. The summed E-state index contributed by atoms with van der Waals surface area (Å²) in [5.41, 5.74) is 7.79. The average Bonchev–Trinajstić information content (AvgIpc) is 2.44. The lowest BCUT2D eigenvalue weighted by atomic mass is 10.2. The minimum absolute atomic E-state index is 0.00170. The van der Waals surface area contributed by atoms with Crippen LogP contribution >= 0.6 is 11.6 Å². The normalized spacial score (nSPS) is 11.4. The number of rotatable bonds is 4. The molecule has 0 unspecified atom stereocenters. The highest BCUT2D eigenvalue weighted by Crippen LogP contribution is 2.27. The Hall–Kier alpha value is -1.76. The molecule has 0 fully saturated rings. The molecule has 0 aliphatic carbocycles. The van der Waals surface area contributed by atoms with Crippen molar-refractivity contribution in [2.24, 2.45) is 0 Å². The lowest BCUT2D eigenvalue weighted by Crippen LogP contribution is -2.13. The molecule has 0 aromatic heterocycles. The topological polar surface area (TPSA) is 92.4 Å². The number of aliphatic hydroxyl groups excluding tert-OH is 1. The summed E-state index contributed by atoms with van der Waals surface area (Å²) in [5.74, 6) is 0. The van der Waals surface area contributed by atoms with Crippen molar-refractivity contribution >= 4 is 33.0 Å². The van der Waals surface area contributed by atoms with Crippen molar-refractivity contribution in [3.8, 4) is 0 Å². The van der Waals surface area contributed by atoms with Crippen molar-refractivity contribution < 1.29 is 13.5 Å². The largest absolute Gasteiger partial charge is 0.398 e.